The van der Waals surface area contributed by atoms with Gasteiger partial charge >= 0.3 is 5.97 Å². The van der Waals surface area contributed by atoms with Gasteiger partial charge in [0.25, 0.3) is 0 Å². The molecule has 8 heteroatoms. The molecule has 0 bridgehead atoms. The van der Waals surface area contributed by atoms with E-state index in [4.69, 9.17) is 16.3 Å². The molecule has 1 aliphatic rings. The fourth-order valence-corrected chi connectivity index (χ4v) is 3.50. The van der Waals surface area contributed by atoms with E-state index in [1.54, 1.807) is 55.5 Å². The first-order valence-electron chi connectivity index (χ1n) is 10.2. The topological polar surface area (TPSA) is 87.7 Å². The number of ether oxygens (including phenoxy) is 1. The number of nitrogens with one attached hydrogen (secondary N) is 2. The van der Waals surface area contributed by atoms with Gasteiger partial charge in [0.2, 0.25) is 11.8 Å². The van der Waals surface area contributed by atoms with Crippen LogP contribution in [0.1, 0.15) is 38.3 Å². The maximum Gasteiger partial charge on any atom is 0.328 e. The maximum atomic E-state index is 12.8. The third kappa shape index (κ3) is 6.54. The Hall–Kier alpha value is -2.90. The molecule has 2 amide bonds. The first-order chi connectivity index (χ1) is 14.9. The van der Waals surface area contributed by atoms with Crippen LogP contribution in [0.4, 0.5) is 11.4 Å². The van der Waals surface area contributed by atoms with Gasteiger partial charge in [0.1, 0.15) is 6.04 Å². The van der Waals surface area contributed by atoms with Crippen molar-refractivity contribution in [3.05, 3.63) is 59.1 Å². The first-order valence-corrected chi connectivity index (χ1v) is 10.6. The van der Waals surface area contributed by atoms with Crippen LogP contribution in [0.3, 0.4) is 0 Å². The number of hydrogen-bond donors (Lipinski definition) is 2. The summed E-state index contributed by atoms with van der Waals surface area (Å²) in [5.74, 6) is -0.782. The molecule has 1 fully saturated rings. The Morgan fingerprint density at radius 3 is 2.13 bits per heavy atom. The van der Waals surface area contributed by atoms with Crippen molar-refractivity contribution in [3.63, 3.8) is 0 Å². The summed E-state index contributed by atoms with van der Waals surface area (Å²) in [6.07, 6.45) is 1.84. The van der Waals surface area contributed by atoms with Crippen LogP contribution in [0, 0.1) is 0 Å². The Kier molecular flexibility index (Phi) is 7.65. The predicted molar refractivity (Wildman–Crippen MR) is 120 cm³/mol. The Labute approximate surface area is 186 Å². The maximum absolute atomic E-state index is 12.8. The molecule has 0 aromatic heterocycles. The summed E-state index contributed by atoms with van der Waals surface area (Å²) < 4.78 is 5.31. The molecular formula is C23H26ClN3O4. The molecule has 0 saturated heterocycles. The molecule has 0 spiro atoms. The summed E-state index contributed by atoms with van der Waals surface area (Å²) in [5.41, 5.74) is 1.99. The number of nitrogens with zero attached hydrogens (tertiary/aromatic N) is 1. The number of halogens is 1. The molecule has 1 aliphatic carbocycles. The van der Waals surface area contributed by atoms with E-state index in [9.17, 15) is 14.4 Å². The highest BCUT2D eigenvalue weighted by Crippen LogP contribution is 2.35. The molecule has 3 rings (SSSR count). The van der Waals surface area contributed by atoms with Crippen molar-refractivity contribution >= 4 is 40.8 Å². The van der Waals surface area contributed by atoms with E-state index >= 15 is 0 Å². The summed E-state index contributed by atoms with van der Waals surface area (Å²) >= 11 is 6.01. The number of carbonyl (C=O) groups excluding carboxylic acids is 3. The number of esters is 1. The zero-order chi connectivity index (χ0) is 22.4. The third-order valence-electron chi connectivity index (χ3n) is 4.86. The minimum Gasteiger partial charge on any atom is -0.465 e. The molecule has 0 heterocycles. The summed E-state index contributed by atoms with van der Waals surface area (Å²) in [7, 11) is 0. The van der Waals surface area contributed by atoms with Crippen LogP contribution in [0.25, 0.3) is 0 Å². The molecule has 2 N–H and O–H groups in total. The highest BCUT2D eigenvalue weighted by molar-refractivity contribution is 6.30. The van der Waals surface area contributed by atoms with Crippen molar-refractivity contribution < 1.29 is 19.1 Å². The van der Waals surface area contributed by atoms with E-state index in [0.29, 0.717) is 16.4 Å². The van der Waals surface area contributed by atoms with Crippen LogP contribution < -0.4 is 10.6 Å². The van der Waals surface area contributed by atoms with Crippen LogP contribution in [-0.4, -0.2) is 41.9 Å². The van der Waals surface area contributed by atoms with Crippen LogP contribution in [-0.2, 0) is 19.1 Å². The number of carbonyl (C=O) groups is 3. The van der Waals surface area contributed by atoms with Gasteiger partial charge in [0.15, 0.2) is 0 Å². The van der Waals surface area contributed by atoms with Crippen LogP contribution in [0.5, 0.6) is 0 Å². The van der Waals surface area contributed by atoms with Gasteiger partial charge in [-0.25, -0.2) is 4.79 Å². The van der Waals surface area contributed by atoms with Crippen LogP contribution >= 0.6 is 11.6 Å². The van der Waals surface area contributed by atoms with Gasteiger partial charge in [0, 0.05) is 29.4 Å². The molecule has 31 heavy (non-hydrogen) atoms. The molecule has 164 valence electrons. The van der Waals surface area contributed by atoms with Gasteiger partial charge in [-0.05, 0) is 61.7 Å². The first kappa shape index (κ1) is 22.8. The summed E-state index contributed by atoms with van der Waals surface area (Å²) in [5, 5.41) is 6.11. The van der Waals surface area contributed by atoms with Gasteiger partial charge in [-0.2, -0.15) is 0 Å². The van der Waals surface area contributed by atoms with Gasteiger partial charge in [-0.15, -0.1) is 0 Å². The largest absolute Gasteiger partial charge is 0.465 e. The molecule has 1 atom stereocenters. The lowest BCUT2D eigenvalue weighted by atomic mass is 10.0. The Morgan fingerprint density at radius 1 is 1.03 bits per heavy atom. The number of rotatable bonds is 9. The SMILES string of the molecule is CCOC(=O)[C@@H](c1ccc(Cl)cc1)N(CC(=O)Nc1ccc(NC(C)=O)cc1)C1CC1. The molecular weight excluding hydrogens is 418 g/mol. The highest BCUT2D eigenvalue weighted by Gasteiger charge is 2.40. The predicted octanol–water partition coefficient (Wildman–Crippen LogP) is 4.01. The third-order valence-corrected chi connectivity index (χ3v) is 5.11. The molecule has 0 unspecified atom stereocenters. The highest BCUT2D eigenvalue weighted by atomic mass is 35.5. The monoisotopic (exact) mass is 443 g/mol. The zero-order valence-electron chi connectivity index (χ0n) is 17.6. The minimum atomic E-state index is -0.683. The lowest BCUT2D eigenvalue weighted by Crippen LogP contribution is -2.41. The second-order valence-corrected chi connectivity index (χ2v) is 7.85. The van der Waals surface area contributed by atoms with Crippen molar-refractivity contribution in [2.45, 2.75) is 38.8 Å². The van der Waals surface area contributed by atoms with E-state index in [1.165, 1.54) is 6.92 Å². The molecule has 7 nitrogen and oxygen atoms in total. The standard InChI is InChI=1S/C23H26ClN3O4/c1-3-31-23(30)22(16-4-6-17(24)7-5-16)27(20-12-13-20)14-21(29)26-19-10-8-18(9-11-19)25-15(2)28/h4-11,20,22H,3,12-14H2,1-2H3,(H,25,28)(H,26,29)/t22-/m1/s1. The quantitative estimate of drug-likeness (QED) is 0.572. The molecule has 0 aliphatic heterocycles. The molecule has 1 saturated carbocycles. The van der Waals surface area contributed by atoms with Crippen molar-refractivity contribution in [2.75, 3.05) is 23.8 Å². The van der Waals surface area contributed by atoms with E-state index in [-0.39, 0.29) is 37.0 Å². The summed E-state index contributed by atoms with van der Waals surface area (Å²) in [4.78, 5) is 38.6. The van der Waals surface area contributed by atoms with E-state index < -0.39 is 6.04 Å². The number of benzene rings is 2. The molecule has 2 aromatic rings. The van der Waals surface area contributed by atoms with Gasteiger partial charge in [-0.3, -0.25) is 14.5 Å². The second-order valence-electron chi connectivity index (χ2n) is 7.42. The Bertz CT molecular complexity index is 927. The summed E-state index contributed by atoms with van der Waals surface area (Å²) in [6, 6.07) is 13.3. The summed E-state index contributed by atoms with van der Waals surface area (Å²) in [6.45, 7) is 3.50. The van der Waals surface area contributed by atoms with Crippen molar-refractivity contribution in [1.29, 1.82) is 0 Å². The Balaban J connectivity index is 1.74. The van der Waals surface area contributed by atoms with Gasteiger partial charge < -0.3 is 15.4 Å². The average molecular weight is 444 g/mol. The smallest absolute Gasteiger partial charge is 0.328 e. The van der Waals surface area contributed by atoms with Crippen molar-refractivity contribution in [3.8, 4) is 0 Å². The van der Waals surface area contributed by atoms with Gasteiger partial charge in [0.05, 0.1) is 13.2 Å². The minimum absolute atomic E-state index is 0.0459. The van der Waals surface area contributed by atoms with Crippen molar-refractivity contribution in [2.24, 2.45) is 0 Å². The fourth-order valence-electron chi connectivity index (χ4n) is 3.37. The van der Waals surface area contributed by atoms with Gasteiger partial charge in [-0.1, -0.05) is 23.7 Å². The fraction of sp³-hybridized carbons (Fsp3) is 0.348. The zero-order valence-corrected chi connectivity index (χ0v) is 18.3. The lowest BCUT2D eigenvalue weighted by molar-refractivity contribution is -0.150. The molecule has 0 radical (unpaired) electrons. The van der Waals surface area contributed by atoms with Crippen LogP contribution in [0.15, 0.2) is 48.5 Å². The lowest BCUT2D eigenvalue weighted by Gasteiger charge is -2.30. The van der Waals surface area contributed by atoms with E-state index in [2.05, 4.69) is 10.6 Å². The number of hydrogen-bond acceptors (Lipinski definition) is 5. The normalized spacial score (nSPS) is 14.1. The van der Waals surface area contributed by atoms with Crippen molar-refractivity contribution in [1.82, 2.24) is 4.90 Å². The average Bonchev–Trinajstić information content (AvgIpc) is 3.55. The van der Waals surface area contributed by atoms with E-state index in [1.807, 2.05) is 4.90 Å². The van der Waals surface area contributed by atoms with Crippen LogP contribution in [0.2, 0.25) is 5.02 Å². The number of amides is 2. The van der Waals surface area contributed by atoms with E-state index in [0.717, 1.165) is 18.4 Å². The second kappa shape index (κ2) is 10.4. The molecule has 2 aromatic carbocycles. The number of anilines is 2. The Morgan fingerprint density at radius 2 is 1.61 bits per heavy atom.